The molecule has 3 heterocycles. The predicted octanol–water partition coefficient (Wildman–Crippen LogP) is 3.09. The van der Waals surface area contributed by atoms with Gasteiger partial charge in [0, 0.05) is 44.8 Å². The van der Waals surface area contributed by atoms with Crippen molar-refractivity contribution in [2.24, 2.45) is 5.92 Å². The van der Waals surface area contributed by atoms with Gasteiger partial charge in [0.2, 0.25) is 0 Å². The van der Waals surface area contributed by atoms with Crippen molar-refractivity contribution in [1.29, 1.82) is 0 Å². The molecule has 0 radical (unpaired) electrons. The van der Waals surface area contributed by atoms with Crippen LogP contribution in [-0.4, -0.2) is 83.1 Å². The number of rotatable bonds is 10. The molecule has 2 aliphatic heterocycles. The fourth-order valence-corrected chi connectivity index (χ4v) is 5.52. The first-order valence-corrected chi connectivity index (χ1v) is 12.4. The maximum atomic E-state index is 11.6. The molecule has 2 atom stereocenters. The first kappa shape index (κ1) is 23.9. The number of likely N-dealkylation sites (tertiary alicyclic amines) is 2. The number of hydrogen-bond donors (Lipinski definition) is 1. The van der Waals surface area contributed by atoms with Gasteiger partial charge in [-0.05, 0) is 63.4 Å². The number of aryl methyl sites for hydroxylation is 1. The molecule has 7 heteroatoms. The summed E-state index contributed by atoms with van der Waals surface area (Å²) in [7, 11) is 1.57. The zero-order valence-corrected chi connectivity index (χ0v) is 20.0. The Bertz CT molecular complexity index is 892. The number of benzene rings is 1. The number of carboxylic acid groups (broad SMARTS) is 1. The van der Waals surface area contributed by atoms with Crippen molar-refractivity contribution in [3.63, 3.8) is 0 Å². The summed E-state index contributed by atoms with van der Waals surface area (Å²) in [5, 5.41) is 14.4. The minimum absolute atomic E-state index is 0.255. The summed E-state index contributed by atoms with van der Waals surface area (Å²) >= 11 is 0. The Morgan fingerprint density at radius 3 is 2.61 bits per heavy atom. The van der Waals surface area contributed by atoms with Crippen molar-refractivity contribution in [3.8, 4) is 0 Å². The quantitative estimate of drug-likeness (QED) is 0.595. The van der Waals surface area contributed by atoms with Gasteiger partial charge in [0.15, 0.2) is 0 Å². The largest absolute Gasteiger partial charge is 0.480 e. The lowest BCUT2D eigenvalue weighted by atomic mass is 9.92. The van der Waals surface area contributed by atoms with Crippen molar-refractivity contribution >= 4 is 5.97 Å². The molecule has 1 N–H and O–H groups in total. The van der Waals surface area contributed by atoms with E-state index in [9.17, 15) is 9.90 Å². The topological polar surface area (TPSA) is 70.8 Å². The van der Waals surface area contributed by atoms with Crippen molar-refractivity contribution in [1.82, 2.24) is 19.6 Å². The summed E-state index contributed by atoms with van der Waals surface area (Å²) in [5.74, 6) is 0.327. The van der Waals surface area contributed by atoms with Crippen molar-refractivity contribution < 1.29 is 14.6 Å². The molecule has 33 heavy (non-hydrogen) atoms. The molecule has 4 rings (SSSR count). The van der Waals surface area contributed by atoms with Gasteiger partial charge >= 0.3 is 5.97 Å². The minimum atomic E-state index is -0.780. The Balaban J connectivity index is 1.29. The Kier molecular flexibility index (Phi) is 8.17. The van der Waals surface area contributed by atoms with E-state index in [4.69, 9.17) is 9.84 Å². The number of methoxy groups -OCH3 is 1. The lowest BCUT2D eigenvalue weighted by Crippen LogP contribution is -2.44. The van der Waals surface area contributed by atoms with E-state index in [0.29, 0.717) is 11.8 Å². The molecule has 2 fully saturated rings. The number of carboxylic acids is 1. The van der Waals surface area contributed by atoms with E-state index in [-0.39, 0.29) is 6.61 Å². The summed E-state index contributed by atoms with van der Waals surface area (Å²) in [6, 6.07) is 12.4. The van der Waals surface area contributed by atoms with Crippen LogP contribution in [0.4, 0.5) is 0 Å². The SMILES string of the molecule is CCn1nc(Cc2ccccc2)cc1C1CCN(CC2CCN(C(COC)C(=O)O)C2)CC1. The number of piperidine rings is 1. The normalized spacial score (nSPS) is 21.5. The highest BCUT2D eigenvalue weighted by Crippen LogP contribution is 2.30. The first-order valence-electron chi connectivity index (χ1n) is 12.4. The van der Waals surface area contributed by atoms with Crippen molar-refractivity contribution in [2.75, 3.05) is 46.4 Å². The summed E-state index contributed by atoms with van der Waals surface area (Å²) in [4.78, 5) is 16.2. The lowest BCUT2D eigenvalue weighted by Gasteiger charge is -2.34. The van der Waals surface area contributed by atoms with Crippen LogP contribution in [0.1, 0.15) is 49.1 Å². The van der Waals surface area contributed by atoms with Crippen LogP contribution in [0.2, 0.25) is 0 Å². The second kappa shape index (κ2) is 11.3. The Morgan fingerprint density at radius 1 is 1.18 bits per heavy atom. The van der Waals surface area contributed by atoms with E-state index < -0.39 is 12.0 Å². The molecular formula is C26H38N4O3. The number of hydrogen-bond acceptors (Lipinski definition) is 5. The predicted molar refractivity (Wildman–Crippen MR) is 129 cm³/mol. The smallest absolute Gasteiger partial charge is 0.323 e. The fraction of sp³-hybridized carbons (Fsp3) is 0.615. The Labute approximate surface area is 197 Å². The van der Waals surface area contributed by atoms with Crippen LogP contribution >= 0.6 is 0 Å². The third-order valence-electron chi connectivity index (χ3n) is 7.28. The first-order chi connectivity index (χ1) is 16.1. The van der Waals surface area contributed by atoms with Crippen LogP contribution in [0.25, 0.3) is 0 Å². The van der Waals surface area contributed by atoms with Crippen LogP contribution < -0.4 is 0 Å². The second-order valence-electron chi connectivity index (χ2n) is 9.57. The lowest BCUT2D eigenvalue weighted by molar-refractivity contribution is -0.144. The van der Waals surface area contributed by atoms with Crippen molar-refractivity contribution in [3.05, 3.63) is 53.3 Å². The molecule has 2 unspecified atom stereocenters. The number of nitrogens with zero attached hydrogens (tertiary/aromatic N) is 4. The summed E-state index contributed by atoms with van der Waals surface area (Å²) in [5.41, 5.74) is 3.86. The maximum Gasteiger partial charge on any atom is 0.323 e. The highest BCUT2D eigenvalue weighted by atomic mass is 16.5. The standard InChI is InChI=1S/C26H38N4O3/c1-3-30-24(16-23(27-30)15-20-7-5-4-6-8-20)22-10-12-28(13-11-22)17-21-9-14-29(18-21)25(19-33-2)26(31)32/h4-8,16,21-22,25H,3,9-15,17-19H2,1-2H3,(H,31,32). The van der Waals surface area contributed by atoms with Gasteiger partial charge in [-0.3, -0.25) is 14.4 Å². The van der Waals surface area contributed by atoms with Gasteiger partial charge in [-0.2, -0.15) is 5.10 Å². The monoisotopic (exact) mass is 454 g/mol. The molecule has 0 spiro atoms. The molecule has 2 aliphatic rings. The van der Waals surface area contributed by atoms with E-state index >= 15 is 0 Å². The van der Waals surface area contributed by atoms with Gasteiger partial charge in [-0.25, -0.2) is 0 Å². The molecule has 180 valence electrons. The van der Waals surface area contributed by atoms with Gasteiger partial charge in [0.25, 0.3) is 0 Å². The fourth-order valence-electron chi connectivity index (χ4n) is 5.52. The van der Waals surface area contributed by atoms with E-state index in [0.717, 1.165) is 70.6 Å². The Morgan fingerprint density at radius 2 is 1.94 bits per heavy atom. The Hall–Kier alpha value is -2.22. The van der Waals surface area contributed by atoms with E-state index in [1.54, 1.807) is 7.11 Å². The van der Waals surface area contributed by atoms with Crippen LogP contribution in [-0.2, 0) is 22.5 Å². The molecular weight excluding hydrogens is 416 g/mol. The van der Waals surface area contributed by atoms with Gasteiger partial charge < -0.3 is 14.7 Å². The summed E-state index contributed by atoms with van der Waals surface area (Å²) in [6.07, 6.45) is 4.28. The van der Waals surface area contributed by atoms with Crippen LogP contribution in [0.5, 0.6) is 0 Å². The van der Waals surface area contributed by atoms with Gasteiger partial charge in [0.05, 0.1) is 12.3 Å². The maximum absolute atomic E-state index is 11.6. The second-order valence-corrected chi connectivity index (χ2v) is 9.57. The molecule has 0 amide bonds. The zero-order valence-electron chi connectivity index (χ0n) is 20.0. The van der Waals surface area contributed by atoms with Crippen LogP contribution in [0.3, 0.4) is 0 Å². The molecule has 0 aliphatic carbocycles. The molecule has 1 aromatic heterocycles. The summed E-state index contributed by atoms with van der Waals surface area (Å²) in [6.45, 7) is 8.31. The molecule has 0 bridgehead atoms. The molecule has 0 saturated carbocycles. The number of aromatic nitrogens is 2. The van der Waals surface area contributed by atoms with Crippen molar-refractivity contribution in [2.45, 2.75) is 51.1 Å². The molecule has 7 nitrogen and oxygen atoms in total. The molecule has 2 aromatic rings. The van der Waals surface area contributed by atoms with E-state index in [1.807, 2.05) is 0 Å². The number of carbonyl (C=O) groups is 1. The van der Waals surface area contributed by atoms with Gasteiger partial charge in [-0.15, -0.1) is 0 Å². The highest BCUT2D eigenvalue weighted by molar-refractivity contribution is 5.73. The number of aliphatic carboxylic acids is 1. The van der Waals surface area contributed by atoms with E-state index in [2.05, 4.69) is 57.8 Å². The summed E-state index contributed by atoms with van der Waals surface area (Å²) < 4.78 is 7.33. The average Bonchev–Trinajstić information content (AvgIpc) is 3.45. The third-order valence-corrected chi connectivity index (χ3v) is 7.28. The van der Waals surface area contributed by atoms with Gasteiger partial charge in [0.1, 0.15) is 6.04 Å². The highest BCUT2D eigenvalue weighted by Gasteiger charge is 2.34. The zero-order chi connectivity index (χ0) is 23.2. The van der Waals surface area contributed by atoms with Gasteiger partial charge in [-0.1, -0.05) is 30.3 Å². The molecule has 2 saturated heterocycles. The average molecular weight is 455 g/mol. The van der Waals surface area contributed by atoms with Crippen LogP contribution in [0, 0.1) is 5.92 Å². The minimum Gasteiger partial charge on any atom is -0.480 e. The van der Waals surface area contributed by atoms with Crippen LogP contribution in [0.15, 0.2) is 36.4 Å². The molecule has 1 aromatic carbocycles. The van der Waals surface area contributed by atoms with E-state index in [1.165, 1.54) is 11.3 Å². The third kappa shape index (κ3) is 6.02. The number of ether oxygens (including phenoxy) is 1.